The number of rotatable bonds is 2. The molecule has 0 aliphatic carbocycles. The third kappa shape index (κ3) is 1.99. The van der Waals surface area contributed by atoms with E-state index in [-0.39, 0.29) is 0 Å². The Morgan fingerprint density at radius 1 is 1.58 bits per heavy atom. The van der Waals surface area contributed by atoms with Crippen molar-refractivity contribution in [2.45, 2.75) is 6.42 Å². The lowest BCUT2D eigenvalue weighted by Gasteiger charge is -2.03. The van der Waals surface area contributed by atoms with Gasteiger partial charge in [0.2, 0.25) is 0 Å². The van der Waals surface area contributed by atoms with Crippen molar-refractivity contribution >= 4 is 15.9 Å². The fourth-order valence-electron chi connectivity index (χ4n) is 0.905. The first-order chi connectivity index (χ1) is 5.77. The number of hydrogen-bond donors (Lipinski definition) is 0. The van der Waals surface area contributed by atoms with E-state index in [4.69, 9.17) is 10.00 Å². The van der Waals surface area contributed by atoms with Crippen LogP contribution in [0.25, 0.3) is 0 Å². The van der Waals surface area contributed by atoms with Gasteiger partial charge in [-0.15, -0.1) is 0 Å². The van der Waals surface area contributed by atoms with Gasteiger partial charge in [-0.05, 0) is 33.6 Å². The van der Waals surface area contributed by atoms with Crippen LogP contribution in [0.3, 0.4) is 0 Å². The van der Waals surface area contributed by atoms with Crippen molar-refractivity contribution in [1.29, 1.82) is 5.26 Å². The Kier molecular flexibility index (Phi) is 3.12. The molecule has 0 spiro atoms. The molecule has 0 amide bonds. The summed E-state index contributed by atoms with van der Waals surface area (Å²) < 4.78 is 5.98. The highest BCUT2D eigenvalue weighted by molar-refractivity contribution is 9.10. The van der Waals surface area contributed by atoms with Crippen LogP contribution in [0.4, 0.5) is 0 Å². The lowest BCUT2D eigenvalue weighted by atomic mass is 10.2. The normalized spacial score (nSPS) is 9.08. The van der Waals surface area contributed by atoms with Gasteiger partial charge in [0, 0.05) is 0 Å². The first kappa shape index (κ1) is 9.08. The number of hydrogen-bond acceptors (Lipinski definition) is 2. The van der Waals surface area contributed by atoms with Gasteiger partial charge in [-0.3, -0.25) is 0 Å². The Morgan fingerprint density at radius 2 is 2.33 bits per heavy atom. The zero-order valence-electron chi connectivity index (χ0n) is 6.67. The van der Waals surface area contributed by atoms with Crippen molar-refractivity contribution < 1.29 is 4.74 Å². The highest BCUT2D eigenvalue weighted by Gasteiger charge is 2.00. The van der Waals surface area contributed by atoms with E-state index < -0.39 is 0 Å². The average Bonchev–Trinajstić information content (AvgIpc) is 2.09. The van der Waals surface area contributed by atoms with Crippen LogP contribution in [0, 0.1) is 11.3 Å². The molecule has 12 heavy (non-hydrogen) atoms. The third-order valence-corrected chi connectivity index (χ3v) is 2.15. The van der Waals surface area contributed by atoms with Crippen molar-refractivity contribution in [3.8, 4) is 11.8 Å². The van der Waals surface area contributed by atoms with E-state index in [1.807, 2.05) is 18.2 Å². The van der Waals surface area contributed by atoms with Crippen LogP contribution >= 0.6 is 15.9 Å². The summed E-state index contributed by atoms with van der Waals surface area (Å²) >= 11 is 3.33. The van der Waals surface area contributed by atoms with Crippen LogP contribution in [0.1, 0.15) is 5.56 Å². The molecule has 0 fully saturated rings. The van der Waals surface area contributed by atoms with E-state index in [9.17, 15) is 0 Å². The molecule has 0 bridgehead atoms. The van der Waals surface area contributed by atoms with Crippen LogP contribution < -0.4 is 4.74 Å². The number of nitrogens with zero attached hydrogens (tertiary/aromatic N) is 1. The Morgan fingerprint density at radius 3 is 2.92 bits per heavy atom. The molecule has 1 rings (SSSR count). The van der Waals surface area contributed by atoms with E-state index in [1.54, 1.807) is 7.11 Å². The van der Waals surface area contributed by atoms with Crippen molar-refractivity contribution in [2.75, 3.05) is 7.11 Å². The molecule has 1 aromatic rings. The summed E-state index contributed by atoms with van der Waals surface area (Å²) in [6, 6.07) is 7.72. The number of nitriles is 1. The molecule has 2 nitrogen and oxygen atoms in total. The Labute approximate surface area is 79.9 Å². The monoisotopic (exact) mass is 225 g/mol. The molecule has 0 aromatic heterocycles. The summed E-state index contributed by atoms with van der Waals surface area (Å²) in [7, 11) is 1.61. The minimum Gasteiger partial charge on any atom is -0.496 e. The standard InChI is InChI=1S/C9H8BrNO/c1-12-9-6-7(4-5-11)2-3-8(9)10/h2-3,6H,4H2,1H3. The maximum Gasteiger partial charge on any atom is 0.133 e. The first-order valence-electron chi connectivity index (χ1n) is 3.47. The van der Waals surface area contributed by atoms with E-state index in [0.717, 1.165) is 15.8 Å². The van der Waals surface area contributed by atoms with Gasteiger partial charge >= 0.3 is 0 Å². The molecule has 0 saturated heterocycles. The molecule has 1 aromatic carbocycles. The molecular weight excluding hydrogens is 218 g/mol. The molecule has 0 atom stereocenters. The smallest absolute Gasteiger partial charge is 0.133 e. The summed E-state index contributed by atoms with van der Waals surface area (Å²) in [4.78, 5) is 0. The van der Waals surface area contributed by atoms with Crippen molar-refractivity contribution in [2.24, 2.45) is 0 Å². The van der Waals surface area contributed by atoms with Gasteiger partial charge in [0.1, 0.15) is 5.75 Å². The minimum atomic E-state index is 0.420. The van der Waals surface area contributed by atoms with E-state index in [0.29, 0.717) is 6.42 Å². The second-order valence-electron chi connectivity index (χ2n) is 2.30. The van der Waals surface area contributed by atoms with Gasteiger partial charge in [-0.25, -0.2) is 0 Å². The SMILES string of the molecule is COc1cc(CC#N)ccc1Br. The maximum absolute atomic E-state index is 8.45. The molecule has 0 N–H and O–H groups in total. The fraction of sp³-hybridized carbons (Fsp3) is 0.222. The molecule has 0 radical (unpaired) electrons. The van der Waals surface area contributed by atoms with Gasteiger partial charge in [0.25, 0.3) is 0 Å². The second-order valence-corrected chi connectivity index (χ2v) is 3.16. The van der Waals surface area contributed by atoms with Crippen molar-refractivity contribution in [3.63, 3.8) is 0 Å². The Hall–Kier alpha value is -1.01. The van der Waals surface area contributed by atoms with Gasteiger partial charge in [-0.1, -0.05) is 6.07 Å². The summed E-state index contributed by atoms with van der Waals surface area (Å²) in [5.74, 6) is 0.766. The van der Waals surface area contributed by atoms with Crippen LogP contribution in [-0.4, -0.2) is 7.11 Å². The molecule has 62 valence electrons. The topological polar surface area (TPSA) is 33.0 Å². The van der Waals surface area contributed by atoms with Gasteiger partial charge in [0.05, 0.1) is 24.1 Å². The van der Waals surface area contributed by atoms with Gasteiger partial charge in [0.15, 0.2) is 0 Å². The Bertz CT molecular complexity index is 317. The molecule has 0 aliphatic heterocycles. The third-order valence-electron chi connectivity index (χ3n) is 1.50. The van der Waals surface area contributed by atoms with Crippen molar-refractivity contribution in [1.82, 2.24) is 0 Å². The number of halogens is 1. The zero-order valence-corrected chi connectivity index (χ0v) is 8.26. The largest absolute Gasteiger partial charge is 0.496 e. The Balaban J connectivity index is 2.98. The predicted octanol–water partition coefficient (Wildman–Crippen LogP) is 2.52. The van der Waals surface area contributed by atoms with E-state index in [1.165, 1.54) is 0 Å². The van der Waals surface area contributed by atoms with E-state index >= 15 is 0 Å². The minimum absolute atomic E-state index is 0.420. The van der Waals surface area contributed by atoms with Gasteiger partial charge < -0.3 is 4.74 Å². The summed E-state index contributed by atoms with van der Waals surface area (Å²) in [5.41, 5.74) is 0.970. The molecule has 0 saturated carbocycles. The van der Waals surface area contributed by atoms with Crippen LogP contribution in [0.15, 0.2) is 22.7 Å². The van der Waals surface area contributed by atoms with Crippen LogP contribution in [-0.2, 0) is 6.42 Å². The predicted molar refractivity (Wildman–Crippen MR) is 50.0 cm³/mol. The number of ether oxygens (including phenoxy) is 1. The maximum atomic E-state index is 8.45. The fourth-order valence-corrected chi connectivity index (χ4v) is 1.31. The van der Waals surface area contributed by atoms with Crippen molar-refractivity contribution in [3.05, 3.63) is 28.2 Å². The summed E-state index contributed by atoms with van der Waals surface area (Å²) in [5, 5.41) is 8.45. The number of methoxy groups -OCH3 is 1. The lowest BCUT2D eigenvalue weighted by Crippen LogP contribution is -1.87. The molecule has 0 heterocycles. The highest BCUT2D eigenvalue weighted by atomic mass is 79.9. The molecule has 0 unspecified atom stereocenters. The summed E-state index contributed by atoms with van der Waals surface area (Å²) in [6.07, 6.45) is 0.420. The van der Waals surface area contributed by atoms with E-state index in [2.05, 4.69) is 22.0 Å². The van der Waals surface area contributed by atoms with Crippen LogP contribution in [0.5, 0.6) is 5.75 Å². The first-order valence-corrected chi connectivity index (χ1v) is 4.26. The molecular formula is C9H8BrNO. The second kappa shape index (κ2) is 4.13. The lowest BCUT2D eigenvalue weighted by molar-refractivity contribution is 0.411. The average molecular weight is 226 g/mol. The highest BCUT2D eigenvalue weighted by Crippen LogP contribution is 2.25. The summed E-state index contributed by atoms with van der Waals surface area (Å²) in [6.45, 7) is 0. The van der Waals surface area contributed by atoms with Gasteiger partial charge in [-0.2, -0.15) is 5.26 Å². The van der Waals surface area contributed by atoms with Crippen LogP contribution in [0.2, 0.25) is 0 Å². The zero-order chi connectivity index (χ0) is 8.97. The molecule has 3 heteroatoms. The number of benzene rings is 1. The molecule has 0 aliphatic rings. The quantitative estimate of drug-likeness (QED) is 0.776.